The van der Waals surface area contributed by atoms with Crippen molar-refractivity contribution in [2.24, 2.45) is 0 Å². The van der Waals surface area contributed by atoms with Crippen LogP contribution >= 0.6 is 11.3 Å². The number of nitrogens with one attached hydrogen (secondary N) is 1. The number of nitrogens with zero attached hydrogens (tertiary/aromatic N) is 7. The zero-order valence-corrected chi connectivity index (χ0v) is 19.1. The van der Waals surface area contributed by atoms with E-state index in [1.807, 2.05) is 15.9 Å². The Balaban J connectivity index is 1.52. The molecular weight excluding hydrogens is 473 g/mol. The van der Waals surface area contributed by atoms with E-state index in [-0.39, 0.29) is 25.5 Å². The van der Waals surface area contributed by atoms with Gasteiger partial charge < -0.3 is 24.8 Å². The number of aliphatic hydroxyl groups excluding tert-OH is 1. The van der Waals surface area contributed by atoms with Crippen molar-refractivity contribution in [1.82, 2.24) is 30.0 Å². The Bertz CT molecular complexity index is 1210. The lowest BCUT2D eigenvalue weighted by Crippen LogP contribution is -2.38. The Kier molecular flexibility index (Phi) is 5.80. The first-order chi connectivity index (χ1) is 16.3. The molecule has 5 heterocycles. The van der Waals surface area contributed by atoms with Gasteiger partial charge in [0.15, 0.2) is 5.82 Å². The molecule has 2 unspecified atom stereocenters. The molecule has 2 N–H and O–H groups in total. The van der Waals surface area contributed by atoms with Crippen LogP contribution in [0, 0.1) is 0 Å². The monoisotopic (exact) mass is 496 g/mol. The number of rotatable bonds is 6. The fraction of sp³-hybridized carbons (Fsp3) is 0.550. The lowest BCUT2D eigenvalue weighted by Gasteiger charge is -2.30. The zero-order chi connectivity index (χ0) is 24.0. The summed E-state index contributed by atoms with van der Waals surface area (Å²) in [5.41, 5.74) is 0. The van der Waals surface area contributed by atoms with Crippen LogP contribution in [0.15, 0.2) is 6.07 Å². The number of carbonyl (C=O) groups excluding carboxylic acids is 1. The third-order valence-electron chi connectivity index (χ3n) is 6.07. The van der Waals surface area contributed by atoms with Gasteiger partial charge in [-0.1, -0.05) is 13.3 Å². The maximum absolute atomic E-state index is 13.2. The number of anilines is 2. The van der Waals surface area contributed by atoms with E-state index in [2.05, 4.69) is 22.4 Å². The Morgan fingerprint density at radius 1 is 1.24 bits per heavy atom. The van der Waals surface area contributed by atoms with E-state index in [4.69, 9.17) is 9.97 Å². The Morgan fingerprint density at radius 2 is 2.06 bits per heavy atom. The zero-order valence-electron chi connectivity index (χ0n) is 18.3. The number of hydrogen-bond acceptors (Lipinski definition) is 9. The van der Waals surface area contributed by atoms with Crippen LogP contribution in [0.5, 0.6) is 0 Å². The fourth-order valence-corrected chi connectivity index (χ4v) is 5.57. The number of thiophene rings is 1. The lowest BCUT2D eigenvalue weighted by atomic mass is 10.2. The summed E-state index contributed by atoms with van der Waals surface area (Å²) in [5.74, 6) is 0.256. The van der Waals surface area contributed by atoms with Gasteiger partial charge in [-0.25, -0.2) is 4.98 Å². The van der Waals surface area contributed by atoms with Crippen molar-refractivity contribution in [2.45, 2.75) is 51.2 Å². The van der Waals surface area contributed by atoms with E-state index in [1.165, 1.54) is 0 Å². The quantitative estimate of drug-likeness (QED) is 0.495. The standard InChI is InChI=1S/C20H23F3N8O2S/c1-2-3-11-6-12-16(29-4-5-31-15(9-29)27-28-18(31)20(21,22)23)25-19(26-17(12)34-11)30-7-13(24-10-32)14(33)8-30/h6,10,13-14,33H,2-5,7-9H2,1H3,(H,24,32). The van der Waals surface area contributed by atoms with Crippen molar-refractivity contribution >= 4 is 39.7 Å². The third-order valence-corrected chi connectivity index (χ3v) is 7.16. The number of aromatic nitrogens is 5. The average molecular weight is 497 g/mol. The molecule has 0 aliphatic carbocycles. The van der Waals surface area contributed by atoms with Gasteiger partial charge in [-0.05, 0) is 12.5 Å². The van der Waals surface area contributed by atoms with E-state index in [0.29, 0.717) is 31.3 Å². The highest BCUT2D eigenvalue weighted by atomic mass is 32.1. The summed E-state index contributed by atoms with van der Waals surface area (Å²) in [6.07, 6.45) is -2.92. The fourth-order valence-electron chi connectivity index (χ4n) is 4.45. The number of aliphatic hydroxyl groups is 1. The summed E-state index contributed by atoms with van der Waals surface area (Å²) in [6, 6.07) is 1.60. The molecule has 182 valence electrons. The molecule has 0 radical (unpaired) electrons. The normalized spacial score (nSPS) is 20.7. The van der Waals surface area contributed by atoms with Gasteiger partial charge in [0.25, 0.3) is 0 Å². The predicted octanol–water partition coefficient (Wildman–Crippen LogP) is 1.57. The van der Waals surface area contributed by atoms with Crippen LogP contribution in [0.25, 0.3) is 10.2 Å². The summed E-state index contributed by atoms with van der Waals surface area (Å²) >= 11 is 1.56. The molecular formula is C20H23F3N8O2S. The van der Waals surface area contributed by atoms with Crippen LogP contribution in [0.3, 0.4) is 0 Å². The molecule has 10 nitrogen and oxygen atoms in total. The number of aryl methyl sites for hydroxylation is 1. The van der Waals surface area contributed by atoms with Crippen molar-refractivity contribution in [3.8, 4) is 0 Å². The van der Waals surface area contributed by atoms with Crippen molar-refractivity contribution in [1.29, 1.82) is 0 Å². The van der Waals surface area contributed by atoms with Crippen molar-refractivity contribution in [2.75, 3.05) is 29.4 Å². The molecule has 2 aliphatic rings. The molecule has 0 bridgehead atoms. The van der Waals surface area contributed by atoms with E-state index in [9.17, 15) is 23.1 Å². The van der Waals surface area contributed by atoms with Gasteiger partial charge in [0.1, 0.15) is 10.6 Å². The highest BCUT2D eigenvalue weighted by Crippen LogP contribution is 2.36. The van der Waals surface area contributed by atoms with E-state index >= 15 is 0 Å². The smallest absolute Gasteiger partial charge is 0.389 e. The van der Waals surface area contributed by atoms with Crippen LogP contribution < -0.4 is 15.1 Å². The number of hydrogen-bond donors (Lipinski definition) is 2. The summed E-state index contributed by atoms with van der Waals surface area (Å²) in [4.78, 5) is 26.0. The van der Waals surface area contributed by atoms with Gasteiger partial charge >= 0.3 is 6.18 Å². The van der Waals surface area contributed by atoms with Gasteiger partial charge in [0.05, 0.1) is 24.1 Å². The first kappa shape index (κ1) is 22.8. The number of amides is 1. The first-order valence-electron chi connectivity index (χ1n) is 11.0. The number of halogens is 3. The minimum Gasteiger partial charge on any atom is -0.389 e. The van der Waals surface area contributed by atoms with Crippen LogP contribution in [-0.2, 0) is 30.5 Å². The minimum absolute atomic E-state index is 0.0811. The predicted molar refractivity (Wildman–Crippen MR) is 119 cm³/mol. The van der Waals surface area contributed by atoms with E-state index in [1.54, 1.807) is 11.3 Å². The molecule has 14 heteroatoms. The summed E-state index contributed by atoms with van der Waals surface area (Å²) in [6.45, 7) is 3.21. The van der Waals surface area contributed by atoms with E-state index in [0.717, 1.165) is 32.5 Å². The number of fused-ring (bicyclic) bond motifs is 2. The average Bonchev–Trinajstić information content (AvgIpc) is 3.49. The first-order valence-corrected chi connectivity index (χ1v) is 11.8. The Morgan fingerprint density at radius 3 is 2.79 bits per heavy atom. The molecule has 1 fully saturated rings. The van der Waals surface area contributed by atoms with E-state index < -0.39 is 24.1 Å². The molecule has 3 aromatic rings. The maximum atomic E-state index is 13.2. The van der Waals surface area contributed by atoms with Crippen LogP contribution in [-0.4, -0.2) is 68.0 Å². The van der Waals surface area contributed by atoms with Crippen LogP contribution in [0.1, 0.15) is 29.9 Å². The van der Waals surface area contributed by atoms with Crippen LogP contribution in [0.4, 0.5) is 24.9 Å². The maximum Gasteiger partial charge on any atom is 0.451 e. The highest BCUT2D eigenvalue weighted by molar-refractivity contribution is 7.18. The lowest BCUT2D eigenvalue weighted by molar-refractivity contribution is -0.147. The summed E-state index contributed by atoms with van der Waals surface area (Å²) in [7, 11) is 0. The molecule has 0 aromatic carbocycles. The van der Waals surface area contributed by atoms with Crippen molar-refractivity contribution in [3.05, 3.63) is 22.6 Å². The van der Waals surface area contributed by atoms with Crippen molar-refractivity contribution in [3.63, 3.8) is 0 Å². The van der Waals surface area contributed by atoms with Gasteiger partial charge in [0, 0.05) is 31.1 Å². The van der Waals surface area contributed by atoms with Gasteiger partial charge in [-0.2, -0.15) is 18.2 Å². The molecule has 5 rings (SSSR count). The second-order valence-corrected chi connectivity index (χ2v) is 9.52. The Labute approximate surface area is 196 Å². The topological polar surface area (TPSA) is 112 Å². The minimum atomic E-state index is -4.56. The number of β-amino-alcohol motifs (C(OH)–C–C–N with tert-alkyl or cyclic N) is 1. The molecule has 3 aromatic heterocycles. The molecule has 2 atom stereocenters. The third kappa shape index (κ3) is 4.04. The largest absolute Gasteiger partial charge is 0.451 e. The van der Waals surface area contributed by atoms with Gasteiger partial charge in [0.2, 0.25) is 18.2 Å². The molecule has 34 heavy (non-hydrogen) atoms. The number of carbonyl (C=O) groups is 1. The van der Waals surface area contributed by atoms with Crippen molar-refractivity contribution < 1.29 is 23.1 Å². The molecule has 1 saturated heterocycles. The van der Waals surface area contributed by atoms with Crippen LogP contribution in [0.2, 0.25) is 0 Å². The molecule has 1 amide bonds. The second kappa shape index (κ2) is 8.65. The summed E-state index contributed by atoms with van der Waals surface area (Å²) in [5, 5.41) is 20.9. The summed E-state index contributed by atoms with van der Waals surface area (Å²) < 4.78 is 40.9. The number of alkyl halides is 3. The molecule has 2 aliphatic heterocycles. The Hall–Kier alpha value is -3.00. The molecule has 0 saturated carbocycles. The van der Waals surface area contributed by atoms with Gasteiger partial charge in [-0.15, -0.1) is 21.5 Å². The van der Waals surface area contributed by atoms with Gasteiger partial charge in [-0.3, -0.25) is 4.79 Å². The SMILES string of the molecule is CCCc1cc2c(N3CCn4c(nnc4C(F)(F)F)C3)nc(N3CC(O)C(NC=O)C3)nc2s1. The molecule has 0 spiro atoms. The second-order valence-electron chi connectivity index (χ2n) is 8.40. The highest BCUT2D eigenvalue weighted by Gasteiger charge is 2.40.